The Kier molecular flexibility index (Phi) is 7.90. The zero-order valence-electron chi connectivity index (χ0n) is 18.9. The number of hydrogen-bond donors (Lipinski definition) is 1. The average molecular weight is 447 g/mol. The summed E-state index contributed by atoms with van der Waals surface area (Å²) in [6.45, 7) is 7.19. The number of carbonyl (C=O) groups excluding carboxylic acids is 2. The molecule has 2 heterocycles. The molecule has 0 saturated heterocycles. The third-order valence-electron chi connectivity index (χ3n) is 5.19. The molecule has 0 aliphatic carbocycles. The summed E-state index contributed by atoms with van der Waals surface area (Å²) in [6, 6.07) is 9.68. The lowest BCUT2D eigenvalue weighted by atomic mass is 9.89. The largest absolute Gasteiger partial charge is 0.447 e. The minimum Gasteiger partial charge on any atom is -0.447 e. The standard InChI is InChI=1S/C23H30N4O3.ClH/c1-14(2)30-23(29)25-20-11-15(3)27(16(4)28)21-9-7-17(12-19(20)21)18-8-10-22(24-13-18)26(5)6;/h7-10,12-15,20H,11H2,1-6H3,(H,25,29);1H/t15-,20+;/m1./s1. The first-order valence-corrected chi connectivity index (χ1v) is 10.2. The summed E-state index contributed by atoms with van der Waals surface area (Å²) in [7, 11) is 3.90. The number of nitrogens with one attached hydrogen (secondary N) is 1. The van der Waals surface area contributed by atoms with Gasteiger partial charge in [0.2, 0.25) is 5.91 Å². The first kappa shape index (κ1) is 24.5. The van der Waals surface area contributed by atoms with E-state index in [1.54, 1.807) is 11.8 Å². The molecule has 0 radical (unpaired) electrons. The Hall–Kier alpha value is -2.80. The molecule has 7 nitrogen and oxygen atoms in total. The normalized spacial score (nSPS) is 17.5. The van der Waals surface area contributed by atoms with Crippen molar-refractivity contribution in [1.29, 1.82) is 0 Å². The van der Waals surface area contributed by atoms with Crippen LogP contribution >= 0.6 is 12.4 Å². The Bertz CT molecular complexity index is 931. The van der Waals surface area contributed by atoms with E-state index in [-0.39, 0.29) is 36.5 Å². The Morgan fingerprint density at radius 3 is 2.42 bits per heavy atom. The summed E-state index contributed by atoms with van der Waals surface area (Å²) >= 11 is 0. The number of halogens is 1. The van der Waals surface area contributed by atoms with Gasteiger partial charge in [-0.05, 0) is 62.6 Å². The van der Waals surface area contributed by atoms with Crippen LogP contribution < -0.4 is 15.1 Å². The van der Waals surface area contributed by atoms with Crippen molar-refractivity contribution in [3.8, 4) is 11.1 Å². The molecule has 2 atom stereocenters. The highest BCUT2D eigenvalue weighted by molar-refractivity contribution is 5.94. The van der Waals surface area contributed by atoms with Gasteiger partial charge in [-0.25, -0.2) is 9.78 Å². The van der Waals surface area contributed by atoms with Crippen LogP contribution in [0.4, 0.5) is 16.3 Å². The van der Waals surface area contributed by atoms with E-state index in [1.165, 1.54) is 0 Å². The maximum absolute atomic E-state index is 12.3. The molecule has 2 amide bonds. The van der Waals surface area contributed by atoms with Crippen LogP contribution in [-0.2, 0) is 9.53 Å². The number of nitrogens with zero attached hydrogens (tertiary/aromatic N) is 3. The lowest BCUT2D eigenvalue weighted by Gasteiger charge is -2.39. The van der Waals surface area contributed by atoms with Crippen molar-refractivity contribution in [2.75, 3.05) is 23.9 Å². The van der Waals surface area contributed by atoms with Gasteiger partial charge in [-0.1, -0.05) is 6.07 Å². The number of anilines is 2. The Balaban J connectivity index is 0.00000341. The molecule has 0 fully saturated rings. The number of rotatable bonds is 4. The van der Waals surface area contributed by atoms with Gasteiger partial charge < -0.3 is 19.9 Å². The third kappa shape index (κ3) is 5.47. The summed E-state index contributed by atoms with van der Waals surface area (Å²) < 4.78 is 5.28. The van der Waals surface area contributed by atoms with Crippen molar-refractivity contribution in [1.82, 2.24) is 10.3 Å². The topological polar surface area (TPSA) is 74.8 Å². The maximum Gasteiger partial charge on any atom is 0.407 e. The molecule has 168 valence electrons. The lowest BCUT2D eigenvalue weighted by molar-refractivity contribution is -0.117. The quantitative estimate of drug-likeness (QED) is 0.745. The smallest absolute Gasteiger partial charge is 0.407 e. The molecule has 1 N–H and O–H groups in total. The van der Waals surface area contributed by atoms with Gasteiger partial charge in [0.25, 0.3) is 0 Å². The van der Waals surface area contributed by atoms with Crippen LogP contribution in [0.25, 0.3) is 11.1 Å². The van der Waals surface area contributed by atoms with E-state index < -0.39 is 6.09 Å². The van der Waals surface area contributed by atoms with E-state index in [0.717, 1.165) is 28.2 Å². The first-order chi connectivity index (χ1) is 14.2. The zero-order chi connectivity index (χ0) is 22.0. The number of pyridine rings is 1. The zero-order valence-corrected chi connectivity index (χ0v) is 19.7. The summed E-state index contributed by atoms with van der Waals surface area (Å²) in [5, 5.41) is 2.98. The number of hydrogen-bond acceptors (Lipinski definition) is 5. The summed E-state index contributed by atoms with van der Waals surface area (Å²) in [5.41, 5.74) is 3.67. The fourth-order valence-electron chi connectivity index (χ4n) is 3.87. The fourth-order valence-corrected chi connectivity index (χ4v) is 3.87. The van der Waals surface area contributed by atoms with Crippen molar-refractivity contribution in [3.63, 3.8) is 0 Å². The molecular weight excluding hydrogens is 416 g/mol. The minimum atomic E-state index is -0.452. The molecule has 3 rings (SSSR count). The number of amides is 2. The van der Waals surface area contributed by atoms with E-state index in [1.807, 2.05) is 76.3 Å². The lowest BCUT2D eigenvalue weighted by Crippen LogP contribution is -2.45. The van der Waals surface area contributed by atoms with Crippen LogP contribution in [0.15, 0.2) is 36.5 Å². The second-order valence-corrected chi connectivity index (χ2v) is 8.20. The molecule has 0 bridgehead atoms. The monoisotopic (exact) mass is 446 g/mol. The maximum atomic E-state index is 12.3. The third-order valence-corrected chi connectivity index (χ3v) is 5.19. The van der Waals surface area contributed by atoms with Crippen molar-refractivity contribution < 1.29 is 14.3 Å². The molecule has 1 aromatic heterocycles. The Labute approximate surface area is 190 Å². The van der Waals surface area contributed by atoms with Gasteiger partial charge >= 0.3 is 6.09 Å². The highest BCUT2D eigenvalue weighted by Crippen LogP contribution is 2.39. The molecule has 8 heteroatoms. The van der Waals surface area contributed by atoms with Crippen molar-refractivity contribution in [2.45, 2.75) is 52.3 Å². The molecule has 1 aromatic carbocycles. The number of fused-ring (bicyclic) bond motifs is 1. The van der Waals surface area contributed by atoms with Gasteiger partial charge in [-0.3, -0.25) is 4.79 Å². The molecule has 0 unspecified atom stereocenters. The van der Waals surface area contributed by atoms with E-state index >= 15 is 0 Å². The highest BCUT2D eigenvalue weighted by Gasteiger charge is 2.33. The van der Waals surface area contributed by atoms with Crippen molar-refractivity contribution >= 4 is 35.9 Å². The van der Waals surface area contributed by atoms with Crippen molar-refractivity contribution in [3.05, 3.63) is 42.1 Å². The van der Waals surface area contributed by atoms with Crippen LogP contribution in [0.3, 0.4) is 0 Å². The van der Waals surface area contributed by atoms with Gasteiger partial charge in [-0.2, -0.15) is 0 Å². The predicted molar refractivity (Wildman–Crippen MR) is 126 cm³/mol. The SMILES string of the molecule is CC(=O)N1c2ccc(-c3ccc(N(C)C)nc3)cc2[C@@H](NC(=O)OC(C)C)C[C@H]1C.Cl. The van der Waals surface area contributed by atoms with Crippen LogP contribution in [0.5, 0.6) is 0 Å². The molecule has 1 aliphatic heterocycles. The van der Waals surface area contributed by atoms with Crippen LogP contribution in [0.1, 0.15) is 45.7 Å². The molecular formula is C23H31ClN4O3. The molecule has 0 spiro atoms. The molecule has 2 aromatic rings. The Morgan fingerprint density at radius 2 is 1.87 bits per heavy atom. The van der Waals surface area contributed by atoms with Crippen LogP contribution in [0, 0.1) is 0 Å². The molecule has 1 aliphatic rings. The fraction of sp³-hybridized carbons (Fsp3) is 0.435. The average Bonchev–Trinajstić information content (AvgIpc) is 2.66. The van der Waals surface area contributed by atoms with E-state index in [4.69, 9.17) is 4.74 Å². The highest BCUT2D eigenvalue weighted by atomic mass is 35.5. The van der Waals surface area contributed by atoms with E-state index in [9.17, 15) is 9.59 Å². The van der Waals surface area contributed by atoms with Crippen molar-refractivity contribution in [2.24, 2.45) is 0 Å². The Morgan fingerprint density at radius 1 is 1.19 bits per heavy atom. The second-order valence-electron chi connectivity index (χ2n) is 8.20. The van der Waals surface area contributed by atoms with Gasteiger partial charge in [-0.15, -0.1) is 12.4 Å². The summed E-state index contributed by atoms with van der Waals surface area (Å²) in [6.07, 6.45) is 1.79. The first-order valence-electron chi connectivity index (χ1n) is 10.2. The summed E-state index contributed by atoms with van der Waals surface area (Å²) in [4.78, 5) is 32.8. The van der Waals surface area contributed by atoms with Gasteiger partial charge in [0.1, 0.15) is 5.82 Å². The molecule has 0 saturated carbocycles. The second kappa shape index (κ2) is 10.0. The van der Waals surface area contributed by atoms with Crippen LogP contribution in [0.2, 0.25) is 0 Å². The number of ether oxygens (including phenoxy) is 1. The van der Waals surface area contributed by atoms with E-state index in [0.29, 0.717) is 6.42 Å². The van der Waals surface area contributed by atoms with E-state index in [2.05, 4.69) is 10.3 Å². The van der Waals surface area contributed by atoms with Gasteiger partial charge in [0.15, 0.2) is 0 Å². The van der Waals surface area contributed by atoms with Gasteiger partial charge in [0, 0.05) is 44.5 Å². The number of benzene rings is 1. The predicted octanol–water partition coefficient (Wildman–Crippen LogP) is 4.56. The number of alkyl carbamates (subject to hydrolysis) is 1. The number of carbonyl (C=O) groups is 2. The summed E-state index contributed by atoms with van der Waals surface area (Å²) in [5.74, 6) is 0.862. The van der Waals surface area contributed by atoms with Gasteiger partial charge in [0.05, 0.1) is 12.1 Å². The van der Waals surface area contributed by atoms with Crippen LogP contribution in [-0.4, -0.2) is 43.2 Å². The molecule has 31 heavy (non-hydrogen) atoms. The minimum absolute atomic E-state index is 0. The number of aromatic nitrogens is 1.